The molecule has 0 aliphatic carbocycles. The summed E-state index contributed by atoms with van der Waals surface area (Å²) in [6.07, 6.45) is -0.138. The monoisotopic (exact) mass is 309 g/mol. The summed E-state index contributed by atoms with van der Waals surface area (Å²) < 4.78 is 10.7. The Labute approximate surface area is 127 Å². The first-order valence-electron chi connectivity index (χ1n) is 6.78. The van der Waals surface area contributed by atoms with Crippen LogP contribution in [0.1, 0.15) is 5.82 Å². The van der Waals surface area contributed by atoms with Gasteiger partial charge in [0.05, 0.1) is 25.9 Å². The number of benzene rings is 1. The third kappa shape index (κ3) is 3.59. The number of morpholine rings is 1. The first-order valence-corrected chi connectivity index (χ1v) is 7.16. The second-order valence-corrected chi connectivity index (χ2v) is 5.37. The summed E-state index contributed by atoms with van der Waals surface area (Å²) in [6, 6.07) is 7.26. The van der Waals surface area contributed by atoms with Gasteiger partial charge in [0.1, 0.15) is 0 Å². The van der Waals surface area contributed by atoms with E-state index < -0.39 is 0 Å². The average molecular weight is 310 g/mol. The Morgan fingerprint density at radius 2 is 2.14 bits per heavy atom. The van der Waals surface area contributed by atoms with Gasteiger partial charge in [-0.3, -0.25) is 4.90 Å². The molecule has 1 unspecified atom stereocenters. The second kappa shape index (κ2) is 6.53. The highest BCUT2D eigenvalue weighted by atomic mass is 35.5. The number of aromatic nitrogens is 2. The van der Waals surface area contributed by atoms with E-state index in [2.05, 4.69) is 15.0 Å². The van der Waals surface area contributed by atoms with Crippen LogP contribution in [0.25, 0.3) is 11.5 Å². The molecule has 6 nitrogen and oxygen atoms in total. The highest BCUT2D eigenvalue weighted by Crippen LogP contribution is 2.20. The Morgan fingerprint density at radius 3 is 2.90 bits per heavy atom. The molecular weight excluding hydrogens is 294 g/mol. The van der Waals surface area contributed by atoms with Crippen molar-refractivity contribution < 1.29 is 14.4 Å². The molecule has 0 amide bonds. The zero-order valence-electron chi connectivity index (χ0n) is 11.4. The van der Waals surface area contributed by atoms with Crippen LogP contribution < -0.4 is 0 Å². The van der Waals surface area contributed by atoms with Crippen molar-refractivity contribution in [3.05, 3.63) is 35.1 Å². The first-order chi connectivity index (χ1) is 10.2. The molecule has 112 valence electrons. The van der Waals surface area contributed by atoms with Gasteiger partial charge in [0.2, 0.25) is 0 Å². The second-order valence-electron chi connectivity index (χ2n) is 4.93. The van der Waals surface area contributed by atoms with Crippen LogP contribution in [0.5, 0.6) is 0 Å². The van der Waals surface area contributed by atoms with E-state index in [1.54, 1.807) is 12.1 Å². The number of aliphatic hydroxyl groups is 1. The summed E-state index contributed by atoms with van der Waals surface area (Å²) in [4.78, 5) is 6.53. The molecule has 1 N–H and O–H groups in total. The zero-order chi connectivity index (χ0) is 14.7. The Bertz CT molecular complexity index is 587. The molecule has 2 heterocycles. The van der Waals surface area contributed by atoms with E-state index in [0.29, 0.717) is 36.4 Å². The van der Waals surface area contributed by atoms with Gasteiger partial charge in [-0.15, -0.1) is 0 Å². The molecule has 0 spiro atoms. The highest BCUT2D eigenvalue weighted by molar-refractivity contribution is 6.30. The predicted octanol–water partition coefficient (Wildman–Crippen LogP) is 1.58. The fourth-order valence-electron chi connectivity index (χ4n) is 2.26. The molecule has 1 aromatic heterocycles. The highest BCUT2D eigenvalue weighted by Gasteiger charge is 2.21. The molecule has 1 aliphatic rings. The summed E-state index contributed by atoms with van der Waals surface area (Å²) in [6.45, 7) is 2.67. The lowest BCUT2D eigenvalue weighted by molar-refractivity contribution is -0.0558. The van der Waals surface area contributed by atoms with E-state index in [-0.39, 0.29) is 12.7 Å². The largest absolute Gasteiger partial charge is 0.394 e. The minimum absolute atomic E-state index is 0.0266. The molecule has 21 heavy (non-hydrogen) atoms. The number of hydrogen-bond acceptors (Lipinski definition) is 6. The SMILES string of the molecule is OCC1CN(Cc2noc(-c3ccc(Cl)cc3)n2)CCO1. The lowest BCUT2D eigenvalue weighted by atomic mass is 10.2. The van der Waals surface area contributed by atoms with Crippen LogP contribution >= 0.6 is 11.6 Å². The number of ether oxygens (including phenoxy) is 1. The van der Waals surface area contributed by atoms with Crippen LogP contribution in [-0.4, -0.2) is 52.6 Å². The number of nitrogens with zero attached hydrogens (tertiary/aromatic N) is 3. The molecule has 0 saturated carbocycles. The average Bonchev–Trinajstić information content (AvgIpc) is 2.96. The van der Waals surface area contributed by atoms with E-state index in [9.17, 15) is 0 Å². The fraction of sp³-hybridized carbons (Fsp3) is 0.429. The molecule has 1 aliphatic heterocycles. The molecule has 0 bridgehead atoms. The maximum atomic E-state index is 9.14. The summed E-state index contributed by atoms with van der Waals surface area (Å²) in [5.74, 6) is 1.10. The lowest BCUT2D eigenvalue weighted by Gasteiger charge is -2.30. The lowest BCUT2D eigenvalue weighted by Crippen LogP contribution is -2.43. The number of halogens is 1. The molecule has 1 atom stereocenters. The van der Waals surface area contributed by atoms with Gasteiger partial charge in [-0.2, -0.15) is 4.98 Å². The molecule has 1 saturated heterocycles. The Kier molecular flexibility index (Phi) is 4.50. The van der Waals surface area contributed by atoms with Crippen molar-refractivity contribution in [1.29, 1.82) is 0 Å². The van der Waals surface area contributed by atoms with Crippen molar-refractivity contribution in [2.24, 2.45) is 0 Å². The molecule has 1 fully saturated rings. The first kappa shape index (κ1) is 14.5. The van der Waals surface area contributed by atoms with Crippen LogP contribution in [-0.2, 0) is 11.3 Å². The van der Waals surface area contributed by atoms with Gasteiger partial charge in [0, 0.05) is 23.7 Å². The summed E-state index contributed by atoms with van der Waals surface area (Å²) in [5.41, 5.74) is 0.841. The van der Waals surface area contributed by atoms with Crippen LogP contribution in [0.15, 0.2) is 28.8 Å². The maximum absolute atomic E-state index is 9.14. The zero-order valence-corrected chi connectivity index (χ0v) is 12.2. The molecule has 1 aromatic carbocycles. The van der Waals surface area contributed by atoms with Crippen LogP contribution in [0.2, 0.25) is 5.02 Å². The third-order valence-electron chi connectivity index (χ3n) is 3.35. The van der Waals surface area contributed by atoms with E-state index in [1.165, 1.54) is 0 Å². The van der Waals surface area contributed by atoms with Gasteiger partial charge in [0.25, 0.3) is 5.89 Å². The van der Waals surface area contributed by atoms with Gasteiger partial charge in [-0.05, 0) is 24.3 Å². The van der Waals surface area contributed by atoms with Gasteiger partial charge in [-0.25, -0.2) is 0 Å². The topological polar surface area (TPSA) is 71.6 Å². The van der Waals surface area contributed by atoms with E-state index in [0.717, 1.165) is 12.1 Å². The van der Waals surface area contributed by atoms with Crippen molar-refractivity contribution in [1.82, 2.24) is 15.0 Å². The van der Waals surface area contributed by atoms with Gasteiger partial charge >= 0.3 is 0 Å². The van der Waals surface area contributed by atoms with Crippen molar-refractivity contribution >= 4 is 11.6 Å². The molecule has 3 rings (SSSR count). The van der Waals surface area contributed by atoms with Crippen LogP contribution in [0.4, 0.5) is 0 Å². The van der Waals surface area contributed by atoms with E-state index in [4.69, 9.17) is 26.0 Å². The standard InChI is InChI=1S/C14H16ClN3O3/c15-11-3-1-10(2-4-11)14-16-13(17-21-14)8-18-5-6-20-12(7-18)9-19/h1-4,12,19H,5-9H2. The van der Waals surface area contributed by atoms with Crippen molar-refractivity contribution in [3.8, 4) is 11.5 Å². The molecule has 7 heteroatoms. The number of aliphatic hydroxyl groups excluding tert-OH is 1. The number of rotatable bonds is 4. The molecule has 0 radical (unpaired) electrons. The maximum Gasteiger partial charge on any atom is 0.257 e. The summed E-state index contributed by atoms with van der Waals surface area (Å²) in [5, 5.41) is 13.8. The van der Waals surface area contributed by atoms with E-state index in [1.807, 2.05) is 12.1 Å². The van der Waals surface area contributed by atoms with Gasteiger partial charge in [0.15, 0.2) is 5.82 Å². The Balaban J connectivity index is 1.66. The Hall–Kier alpha value is -1.47. The van der Waals surface area contributed by atoms with E-state index >= 15 is 0 Å². The molecule has 2 aromatic rings. The van der Waals surface area contributed by atoms with Crippen LogP contribution in [0.3, 0.4) is 0 Å². The van der Waals surface area contributed by atoms with Crippen molar-refractivity contribution in [2.45, 2.75) is 12.6 Å². The van der Waals surface area contributed by atoms with Gasteiger partial charge < -0.3 is 14.4 Å². The van der Waals surface area contributed by atoms with Crippen LogP contribution in [0, 0.1) is 0 Å². The quantitative estimate of drug-likeness (QED) is 0.924. The normalized spacial score (nSPS) is 19.8. The van der Waals surface area contributed by atoms with Crippen molar-refractivity contribution in [2.75, 3.05) is 26.3 Å². The smallest absolute Gasteiger partial charge is 0.257 e. The predicted molar refractivity (Wildman–Crippen MR) is 76.8 cm³/mol. The minimum atomic E-state index is -0.138. The number of hydrogen-bond donors (Lipinski definition) is 1. The third-order valence-corrected chi connectivity index (χ3v) is 3.60. The minimum Gasteiger partial charge on any atom is -0.394 e. The van der Waals surface area contributed by atoms with Crippen molar-refractivity contribution in [3.63, 3.8) is 0 Å². The van der Waals surface area contributed by atoms with Gasteiger partial charge in [-0.1, -0.05) is 16.8 Å². The Morgan fingerprint density at radius 1 is 1.33 bits per heavy atom. The molecular formula is C14H16ClN3O3. The summed E-state index contributed by atoms with van der Waals surface area (Å²) in [7, 11) is 0. The summed E-state index contributed by atoms with van der Waals surface area (Å²) >= 11 is 5.85. The fourth-order valence-corrected chi connectivity index (χ4v) is 2.39.